The first kappa shape index (κ1) is 25.6. The maximum Gasteiger partial charge on any atom is 0.260 e. The molecule has 0 N–H and O–H groups in total. The number of carbonyl (C=O) groups is 2. The Balaban J connectivity index is 1.22. The topological polar surface area (TPSA) is 59.1 Å². The van der Waals surface area contributed by atoms with Crippen LogP contribution >= 0.6 is 0 Å². The first-order chi connectivity index (χ1) is 18.3. The van der Waals surface area contributed by atoms with Crippen LogP contribution in [0.2, 0.25) is 0 Å². The smallest absolute Gasteiger partial charge is 0.260 e. The van der Waals surface area contributed by atoms with E-state index in [4.69, 9.17) is 9.47 Å². The minimum absolute atomic E-state index is 0.231. The van der Waals surface area contributed by atoms with Crippen molar-refractivity contribution >= 4 is 11.8 Å². The second-order valence-corrected chi connectivity index (χ2v) is 9.80. The summed E-state index contributed by atoms with van der Waals surface area (Å²) in [5.74, 6) is -4.17. The molecule has 3 aromatic rings. The maximum atomic E-state index is 14.8. The van der Waals surface area contributed by atoms with E-state index in [1.54, 1.807) is 17.0 Å². The lowest BCUT2D eigenvalue weighted by Crippen LogP contribution is -2.62. The van der Waals surface area contributed by atoms with Crippen LogP contribution in [-0.4, -0.2) is 62.0 Å². The molecular formula is C29H27F3N2O4. The van der Waals surface area contributed by atoms with Gasteiger partial charge in [-0.25, -0.2) is 13.2 Å². The van der Waals surface area contributed by atoms with Gasteiger partial charge in [0, 0.05) is 48.8 Å². The molecule has 0 aliphatic carbocycles. The number of hydrogen-bond acceptors (Lipinski definition) is 4. The van der Waals surface area contributed by atoms with Gasteiger partial charge in [0.05, 0.1) is 14.2 Å². The molecule has 2 fully saturated rings. The Hall–Kier alpha value is -4.01. The normalized spacial score (nSPS) is 16.2. The van der Waals surface area contributed by atoms with E-state index in [-0.39, 0.29) is 28.4 Å². The van der Waals surface area contributed by atoms with E-state index < -0.39 is 28.9 Å². The number of ether oxygens (including phenoxy) is 2. The molecule has 5 rings (SSSR count). The van der Waals surface area contributed by atoms with Gasteiger partial charge in [0.1, 0.15) is 11.4 Å². The fourth-order valence-corrected chi connectivity index (χ4v) is 5.32. The highest BCUT2D eigenvalue weighted by molar-refractivity contribution is 5.97. The Morgan fingerprint density at radius 3 is 1.95 bits per heavy atom. The van der Waals surface area contributed by atoms with Crippen LogP contribution in [0.4, 0.5) is 13.2 Å². The zero-order chi connectivity index (χ0) is 27.0. The van der Waals surface area contributed by atoms with Crippen molar-refractivity contribution in [3.05, 3.63) is 83.2 Å². The molecule has 0 aromatic heterocycles. The Morgan fingerprint density at radius 1 is 0.789 bits per heavy atom. The van der Waals surface area contributed by atoms with Crippen LogP contribution < -0.4 is 9.47 Å². The highest BCUT2D eigenvalue weighted by Crippen LogP contribution is 2.42. The highest BCUT2D eigenvalue weighted by atomic mass is 19.1. The number of carbonyl (C=O) groups excluding carboxylic acids is 2. The first-order valence-corrected chi connectivity index (χ1v) is 12.3. The fourth-order valence-electron chi connectivity index (χ4n) is 5.32. The number of hydrogen-bond donors (Lipinski definition) is 0. The van der Waals surface area contributed by atoms with E-state index in [9.17, 15) is 22.8 Å². The van der Waals surface area contributed by atoms with Crippen molar-refractivity contribution in [2.45, 2.75) is 12.8 Å². The van der Waals surface area contributed by atoms with Gasteiger partial charge in [-0.1, -0.05) is 36.4 Å². The van der Waals surface area contributed by atoms with Gasteiger partial charge in [-0.15, -0.1) is 0 Å². The Labute approximate surface area is 218 Å². The van der Waals surface area contributed by atoms with Gasteiger partial charge in [0.25, 0.3) is 11.8 Å². The molecule has 3 aromatic carbocycles. The molecule has 0 atom stereocenters. The van der Waals surface area contributed by atoms with Crippen LogP contribution in [0, 0.1) is 22.9 Å². The molecule has 2 heterocycles. The molecule has 2 saturated heterocycles. The second kappa shape index (κ2) is 10.0. The number of halogens is 3. The molecule has 0 saturated carbocycles. The predicted molar refractivity (Wildman–Crippen MR) is 135 cm³/mol. The minimum Gasteiger partial charge on any atom is -0.494 e. The van der Waals surface area contributed by atoms with E-state index in [1.807, 2.05) is 30.3 Å². The number of amides is 2. The van der Waals surface area contributed by atoms with E-state index in [0.717, 1.165) is 11.6 Å². The lowest BCUT2D eigenvalue weighted by molar-refractivity contribution is -0.0293. The largest absolute Gasteiger partial charge is 0.494 e. The fraction of sp³-hybridized carbons (Fsp3) is 0.310. The molecule has 2 aliphatic heterocycles. The van der Waals surface area contributed by atoms with Gasteiger partial charge in [-0.2, -0.15) is 0 Å². The maximum absolute atomic E-state index is 14.8. The Morgan fingerprint density at radius 2 is 1.39 bits per heavy atom. The number of piperidine rings is 1. The minimum atomic E-state index is -1.07. The number of rotatable bonds is 5. The molecule has 6 nitrogen and oxygen atoms in total. The van der Waals surface area contributed by atoms with Crippen LogP contribution in [0.3, 0.4) is 0 Å². The Bertz CT molecular complexity index is 1350. The van der Waals surface area contributed by atoms with Gasteiger partial charge in [0.2, 0.25) is 0 Å². The molecule has 198 valence electrons. The van der Waals surface area contributed by atoms with E-state index in [1.165, 1.54) is 25.2 Å². The summed E-state index contributed by atoms with van der Waals surface area (Å²) in [5.41, 5.74) is 0.511. The van der Waals surface area contributed by atoms with Crippen molar-refractivity contribution in [1.29, 1.82) is 0 Å². The standard InChI is InChI=1S/C29H27F3N2O4/c1-37-22-15-23(38-2)26(32)24(25(22)31)28(36)34-16-29(17-34)10-12-33(13-11-29)27(35)19-8-9-20(21(30)14-19)18-6-4-3-5-7-18/h3-9,14-15H,10-13,16-17H2,1-2H3. The number of methoxy groups -OCH3 is 2. The monoisotopic (exact) mass is 524 g/mol. The van der Waals surface area contributed by atoms with Gasteiger partial charge in [-0.05, 0) is 30.5 Å². The number of benzene rings is 3. The van der Waals surface area contributed by atoms with Gasteiger partial charge >= 0.3 is 0 Å². The van der Waals surface area contributed by atoms with Crippen molar-refractivity contribution in [3.63, 3.8) is 0 Å². The summed E-state index contributed by atoms with van der Waals surface area (Å²) in [6.45, 7) is 1.54. The van der Waals surface area contributed by atoms with Crippen molar-refractivity contribution in [2.24, 2.45) is 5.41 Å². The third-order valence-electron chi connectivity index (χ3n) is 7.54. The predicted octanol–water partition coefficient (Wildman–Crippen LogP) is 5.17. The molecule has 0 bridgehead atoms. The van der Waals surface area contributed by atoms with Crippen molar-refractivity contribution < 1.29 is 32.2 Å². The third-order valence-corrected chi connectivity index (χ3v) is 7.54. The van der Waals surface area contributed by atoms with E-state index >= 15 is 0 Å². The average molecular weight is 525 g/mol. The summed E-state index contributed by atoms with van der Waals surface area (Å²) < 4.78 is 54.2. The number of likely N-dealkylation sites (tertiary alicyclic amines) is 2. The second-order valence-electron chi connectivity index (χ2n) is 9.80. The van der Waals surface area contributed by atoms with Crippen molar-refractivity contribution in [3.8, 4) is 22.6 Å². The van der Waals surface area contributed by atoms with Gasteiger partial charge in [-0.3, -0.25) is 9.59 Å². The molecule has 1 spiro atoms. The third kappa shape index (κ3) is 4.46. The van der Waals surface area contributed by atoms with E-state index in [2.05, 4.69) is 0 Å². The van der Waals surface area contributed by atoms with Crippen LogP contribution in [-0.2, 0) is 0 Å². The molecule has 38 heavy (non-hydrogen) atoms. The van der Waals surface area contributed by atoms with Crippen molar-refractivity contribution in [2.75, 3.05) is 40.4 Å². The molecule has 0 radical (unpaired) electrons. The van der Waals surface area contributed by atoms with Gasteiger partial charge < -0.3 is 19.3 Å². The Kier molecular flexibility index (Phi) is 6.77. The average Bonchev–Trinajstić information content (AvgIpc) is 2.92. The molecule has 9 heteroatoms. The van der Waals surface area contributed by atoms with Gasteiger partial charge in [0.15, 0.2) is 23.1 Å². The lowest BCUT2D eigenvalue weighted by Gasteiger charge is -2.54. The SMILES string of the molecule is COc1cc(OC)c(F)c(C(=O)N2CC3(CCN(C(=O)c4ccc(-c5ccccc5)c(F)c4)CC3)C2)c1F. The zero-order valence-corrected chi connectivity index (χ0v) is 21.1. The van der Waals surface area contributed by atoms with Crippen LogP contribution in [0.5, 0.6) is 11.5 Å². The zero-order valence-electron chi connectivity index (χ0n) is 21.1. The quantitative estimate of drug-likeness (QED) is 0.462. The molecule has 2 aliphatic rings. The molecule has 2 amide bonds. The summed E-state index contributed by atoms with van der Waals surface area (Å²) >= 11 is 0. The van der Waals surface area contributed by atoms with Crippen molar-refractivity contribution in [1.82, 2.24) is 9.80 Å². The summed E-state index contributed by atoms with van der Waals surface area (Å²) in [5, 5.41) is 0. The summed E-state index contributed by atoms with van der Waals surface area (Å²) in [4.78, 5) is 29.1. The summed E-state index contributed by atoms with van der Waals surface area (Å²) in [6.07, 6.45) is 1.25. The van der Waals surface area contributed by atoms with Crippen LogP contribution in [0.15, 0.2) is 54.6 Å². The number of nitrogens with zero attached hydrogens (tertiary/aromatic N) is 2. The highest BCUT2D eigenvalue weighted by Gasteiger charge is 2.48. The van der Waals surface area contributed by atoms with E-state index in [0.29, 0.717) is 44.6 Å². The molecule has 0 unspecified atom stereocenters. The summed E-state index contributed by atoms with van der Waals surface area (Å²) in [6, 6.07) is 14.7. The first-order valence-electron chi connectivity index (χ1n) is 12.3. The summed E-state index contributed by atoms with van der Waals surface area (Å²) in [7, 11) is 2.45. The lowest BCUT2D eigenvalue weighted by atomic mass is 9.71. The molecular weight excluding hydrogens is 497 g/mol. The van der Waals surface area contributed by atoms with Crippen LogP contribution in [0.25, 0.3) is 11.1 Å². The van der Waals surface area contributed by atoms with Crippen LogP contribution in [0.1, 0.15) is 33.6 Å².